The molecule has 23 heavy (non-hydrogen) atoms. The Hall–Kier alpha value is -1.40. The number of sulfonamides is 1. The monoisotopic (exact) mass is 336 g/mol. The maximum atomic E-state index is 12.9. The largest absolute Gasteiger partial charge is 0.312 e. The second kappa shape index (κ2) is 6.24. The Labute approximate surface area is 138 Å². The SMILES string of the molecule is CCN1C(=O)CCc2cc(S(=O)(=O)N3CCC[C@@H](C)C3)ccc21. The van der Waals surface area contributed by atoms with Gasteiger partial charge in [-0.3, -0.25) is 4.79 Å². The molecule has 1 amide bonds. The van der Waals surface area contributed by atoms with Gasteiger partial charge in [-0.1, -0.05) is 6.92 Å². The summed E-state index contributed by atoms with van der Waals surface area (Å²) >= 11 is 0. The first-order valence-corrected chi connectivity index (χ1v) is 9.81. The van der Waals surface area contributed by atoms with E-state index in [1.54, 1.807) is 27.4 Å². The maximum absolute atomic E-state index is 12.9. The van der Waals surface area contributed by atoms with Crippen molar-refractivity contribution >= 4 is 21.6 Å². The minimum Gasteiger partial charge on any atom is -0.312 e. The third kappa shape index (κ3) is 3.02. The number of anilines is 1. The summed E-state index contributed by atoms with van der Waals surface area (Å²) in [6.45, 7) is 5.84. The predicted octanol–water partition coefficient (Wildman–Crippen LogP) is 2.41. The van der Waals surface area contributed by atoms with Gasteiger partial charge in [0.2, 0.25) is 15.9 Å². The molecule has 1 atom stereocenters. The molecule has 2 aliphatic heterocycles. The highest BCUT2D eigenvalue weighted by atomic mass is 32.2. The Bertz CT molecular complexity index is 715. The Morgan fingerprint density at radius 2 is 2.04 bits per heavy atom. The number of piperidine rings is 1. The number of hydrogen-bond donors (Lipinski definition) is 0. The predicted molar refractivity (Wildman–Crippen MR) is 89.9 cm³/mol. The Morgan fingerprint density at radius 3 is 2.74 bits per heavy atom. The first-order valence-electron chi connectivity index (χ1n) is 8.37. The van der Waals surface area contributed by atoms with E-state index in [0.29, 0.717) is 43.3 Å². The highest BCUT2D eigenvalue weighted by molar-refractivity contribution is 7.89. The van der Waals surface area contributed by atoms with Crippen LogP contribution in [0.1, 0.15) is 38.7 Å². The van der Waals surface area contributed by atoms with Crippen LogP contribution in [0.3, 0.4) is 0 Å². The van der Waals surface area contributed by atoms with Crippen LogP contribution >= 0.6 is 0 Å². The van der Waals surface area contributed by atoms with Crippen LogP contribution in [0.15, 0.2) is 23.1 Å². The lowest BCUT2D eigenvalue weighted by molar-refractivity contribution is -0.118. The van der Waals surface area contributed by atoms with Crippen molar-refractivity contribution in [2.24, 2.45) is 5.92 Å². The molecule has 0 aromatic heterocycles. The Kier molecular flexibility index (Phi) is 4.47. The number of hydrogen-bond acceptors (Lipinski definition) is 3. The van der Waals surface area contributed by atoms with Crippen LogP contribution in [0.4, 0.5) is 5.69 Å². The van der Waals surface area contributed by atoms with Crippen molar-refractivity contribution < 1.29 is 13.2 Å². The fourth-order valence-corrected chi connectivity index (χ4v) is 5.21. The fourth-order valence-electron chi connectivity index (χ4n) is 3.56. The molecule has 0 saturated carbocycles. The van der Waals surface area contributed by atoms with Crippen LogP contribution in [0, 0.1) is 5.92 Å². The van der Waals surface area contributed by atoms with E-state index >= 15 is 0 Å². The summed E-state index contributed by atoms with van der Waals surface area (Å²) in [5.74, 6) is 0.518. The molecule has 126 valence electrons. The van der Waals surface area contributed by atoms with Crippen molar-refractivity contribution in [3.8, 4) is 0 Å². The molecule has 1 fully saturated rings. The zero-order chi connectivity index (χ0) is 16.6. The van der Waals surface area contributed by atoms with Crippen LogP contribution < -0.4 is 4.90 Å². The van der Waals surface area contributed by atoms with Crippen LogP contribution in [-0.2, 0) is 21.2 Å². The molecular weight excluding hydrogens is 312 g/mol. The number of rotatable bonds is 3. The molecular formula is C17H24N2O3S. The van der Waals surface area contributed by atoms with E-state index in [0.717, 1.165) is 24.1 Å². The minimum absolute atomic E-state index is 0.112. The molecule has 1 aromatic carbocycles. The first-order chi connectivity index (χ1) is 10.9. The Balaban J connectivity index is 1.94. The van der Waals surface area contributed by atoms with Gasteiger partial charge in [0.25, 0.3) is 0 Å². The van der Waals surface area contributed by atoms with Gasteiger partial charge in [0.05, 0.1) is 4.90 Å². The summed E-state index contributed by atoms with van der Waals surface area (Å²) in [4.78, 5) is 14.0. The molecule has 0 unspecified atom stereocenters. The molecule has 0 bridgehead atoms. The number of amides is 1. The van der Waals surface area contributed by atoms with Gasteiger partial charge >= 0.3 is 0 Å². The van der Waals surface area contributed by atoms with Crippen molar-refractivity contribution in [1.82, 2.24) is 4.31 Å². The third-order valence-corrected chi connectivity index (χ3v) is 6.69. The van der Waals surface area contributed by atoms with E-state index < -0.39 is 10.0 Å². The van der Waals surface area contributed by atoms with Gasteiger partial charge in [0.15, 0.2) is 0 Å². The number of nitrogens with zero attached hydrogens (tertiary/aromatic N) is 2. The number of carbonyl (C=O) groups excluding carboxylic acids is 1. The first kappa shape index (κ1) is 16.5. The van der Waals surface area contributed by atoms with Gasteiger partial charge < -0.3 is 4.90 Å². The van der Waals surface area contributed by atoms with Gasteiger partial charge in [-0.2, -0.15) is 4.31 Å². The summed E-state index contributed by atoms with van der Waals surface area (Å²) < 4.78 is 27.4. The maximum Gasteiger partial charge on any atom is 0.243 e. The van der Waals surface area contributed by atoms with E-state index in [2.05, 4.69) is 6.92 Å². The van der Waals surface area contributed by atoms with E-state index in [1.807, 2.05) is 6.92 Å². The van der Waals surface area contributed by atoms with E-state index in [1.165, 1.54) is 0 Å². The highest BCUT2D eigenvalue weighted by Gasteiger charge is 2.30. The summed E-state index contributed by atoms with van der Waals surface area (Å²) in [7, 11) is -3.44. The molecule has 2 aliphatic rings. The van der Waals surface area contributed by atoms with Gasteiger partial charge in [0, 0.05) is 31.7 Å². The van der Waals surface area contributed by atoms with Gasteiger partial charge in [0.1, 0.15) is 0 Å². The Morgan fingerprint density at radius 1 is 1.26 bits per heavy atom. The van der Waals surface area contributed by atoms with Gasteiger partial charge in [-0.05, 0) is 55.9 Å². The quantitative estimate of drug-likeness (QED) is 0.852. The molecule has 1 aromatic rings. The number of fused-ring (bicyclic) bond motifs is 1. The minimum atomic E-state index is -3.44. The summed E-state index contributed by atoms with van der Waals surface area (Å²) in [5, 5.41) is 0. The van der Waals surface area contributed by atoms with Gasteiger partial charge in [-0.25, -0.2) is 8.42 Å². The summed E-state index contributed by atoms with van der Waals surface area (Å²) in [6.07, 6.45) is 3.07. The average molecular weight is 336 g/mol. The molecule has 0 spiro atoms. The molecule has 5 nitrogen and oxygen atoms in total. The van der Waals surface area contributed by atoms with Crippen molar-refractivity contribution in [2.75, 3.05) is 24.5 Å². The van der Waals surface area contributed by atoms with E-state index in [4.69, 9.17) is 0 Å². The van der Waals surface area contributed by atoms with Crippen LogP contribution in [-0.4, -0.2) is 38.3 Å². The molecule has 1 saturated heterocycles. The lowest BCUT2D eigenvalue weighted by Gasteiger charge is -2.31. The molecule has 0 aliphatic carbocycles. The van der Waals surface area contributed by atoms with Crippen LogP contribution in [0.5, 0.6) is 0 Å². The molecule has 0 radical (unpaired) electrons. The highest BCUT2D eigenvalue weighted by Crippen LogP contribution is 2.31. The molecule has 2 heterocycles. The van der Waals surface area contributed by atoms with Crippen molar-refractivity contribution in [2.45, 2.75) is 44.4 Å². The second-order valence-corrected chi connectivity index (χ2v) is 8.48. The van der Waals surface area contributed by atoms with Gasteiger partial charge in [-0.15, -0.1) is 0 Å². The fraction of sp³-hybridized carbons (Fsp3) is 0.588. The van der Waals surface area contributed by atoms with E-state index in [9.17, 15) is 13.2 Å². The zero-order valence-corrected chi connectivity index (χ0v) is 14.6. The van der Waals surface area contributed by atoms with Crippen molar-refractivity contribution in [3.63, 3.8) is 0 Å². The van der Waals surface area contributed by atoms with Crippen molar-refractivity contribution in [3.05, 3.63) is 23.8 Å². The van der Waals surface area contributed by atoms with Crippen molar-refractivity contribution in [1.29, 1.82) is 0 Å². The third-order valence-electron chi connectivity index (χ3n) is 4.82. The lowest BCUT2D eigenvalue weighted by Crippen LogP contribution is -2.39. The smallest absolute Gasteiger partial charge is 0.243 e. The van der Waals surface area contributed by atoms with Crippen LogP contribution in [0.2, 0.25) is 0 Å². The molecule has 6 heteroatoms. The number of benzene rings is 1. The lowest BCUT2D eigenvalue weighted by atomic mass is 10.0. The molecule has 0 N–H and O–H groups in total. The topological polar surface area (TPSA) is 57.7 Å². The zero-order valence-electron chi connectivity index (χ0n) is 13.8. The second-order valence-electron chi connectivity index (χ2n) is 6.54. The molecule has 3 rings (SSSR count). The van der Waals surface area contributed by atoms with Crippen LogP contribution in [0.25, 0.3) is 0 Å². The van der Waals surface area contributed by atoms with E-state index in [-0.39, 0.29) is 5.91 Å². The number of carbonyl (C=O) groups is 1. The standard InChI is InChI=1S/C17H24N2O3S/c1-3-19-16-8-7-15(11-14(16)6-9-17(19)20)23(21,22)18-10-4-5-13(2)12-18/h7-8,11,13H,3-6,9-10,12H2,1-2H3/t13-/m1/s1. The summed E-state index contributed by atoms with van der Waals surface area (Å²) in [5.41, 5.74) is 1.81. The normalized spacial score (nSPS) is 23.0. The average Bonchev–Trinajstić information content (AvgIpc) is 2.54. The summed E-state index contributed by atoms with van der Waals surface area (Å²) in [6, 6.07) is 5.20. The number of aryl methyl sites for hydroxylation is 1.